The third kappa shape index (κ3) is 2.14. The lowest BCUT2D eigenvalue weighted by molar-refractivity contribution is 0.570. The highest BCUT2D eigenvalue weighted by Gasteiger charge is 2.25. The second-order valence-corrected chi connectivity index (χ2v) is 5.71. The molecule has 0 N–H and O–H groups in total. The van der Waals surface area contributed by atoms with Gasteiger partial charge in [-0.2, -0.15) is 0 Å². The molecule has 0 unspecified atom stereocenters. The predicted octanol–water partition coefficient (Wildman–Crippen LogP) is 1.73. The van der Waals surface area contributed by atoms with Crippen molar-refractivity contribution in [3.63, 3.8) is 0 Å². The third-order valence-corrected chi connectivity index (χ3v) is 3.51. The predicted molar refractivity (Wildman–Crippen MR) is 43.5 cm³/mol. The molecular weight excluding hydrogens is 148 g/mol. The molecule has 0 aromatic heterocycles. The zero-order chi connectivity index (χ0) is 8.41. The van der Waals surface area contributed by atoms with Gasteiger partial charge < -0.3 is 0 Å². The Morgan fingerprint density at radius 2 is 1.60 bits per heavy atom. The zero-order valence-corrected chi connectivity index (χ0v) is 7.70. The highest BCUT2D eigenvalue weighted by molar-refractivity contribution is 7.95. The van der Waals surface area contributed by atoms with Gasteiger partial charge in [0, 0.05) is 5.41 Å². The van der Waals surface area contributed by atoms with Crippen molar-refractivity contribution < 1.29 is 8.42 Å². The molecule has 3 heteroatoms. The van der Waals surface area contributed by atoms with Crippen LogP contribution in [0.4, 0.5) is 0 Å². The van der Waals surface area contributed by atoms with Crippen molar-refractivity contribution in [2.24, 2.45) is 0 Å². The van der Waals surface area contributed by atoms with E-state index in [1.165, 1.54) is 5.41 Å². The molecule has 0 aliphatic heterocycles. The topological polar surface area (TPSA) is 34.1 Å². The minimum Gasteiger partial charge on any atom is -0.224 e. The van der Waals surface area contributed by atoms with E-state index in [1.807, 2.05) is 0 Å². The quantitative estimate of drug-likeness (QED) is 0.588. The van der Waals surface area contributed by atoms with Crippen molar-refractivity contribution in [3.05, 3.63) is 11.5 Å². The van der Waals surface area contributed by atoms with Crippen molar-refractivity contribution in [2.75, 3.05) is 0 Å². The van der Waals surface area contributed by atoms with Crippen LogP contribution in [0.25, 0.3) is 0 Å². The molecule has 2 nitrogen and oxygen atoms in total. The first-order valence-corrected chi connectivity index (χ1v) is 4.73. The smallest absolute Gasteiger partial charge is 0.176 e. The van der Waals surface area contributed by atoms with Gasteiger partial charge in [0.1, 0.15) is 0 Å². The third-order valence-electron chi connectivity index (χ3n) is 1.17. The first kappa shape index (κ1) is 9.69. The van der Waals surface area contributed by atoms with E-state index in [0.29, 0.717) is 0 Å². The monoisotopic (exact) mass is 162 g/mol. The molecule has 0 heterocycles. The van der Waals surface area contributed by atoms with Crippen LogP contribution in [-0.2, 0) is 9.84 Å². The second-order valence-electron chi connectivity index (χ2n) is 3.13. The lowest BCUT2D eigenvalue weighted by Crippen LogP contribution is -2.25. The average molecular weight is 162 g/mol. The average Bonchev–Trinajstić information content (AvgIpc) is 1.61. The van der Waals surface area contributed by atoms with E-state index >= 15 is 0 Å². The van der Waals surface area contributed by atoms with E-state index in [9.17, 15) is 8.42 Å². The fraction of sp³-hybridized carbons (Fsp3) is 0.714. The van der Waals surface area contributed by atoms with Crippen LogP contribution in [0.3, 0.4) is 0 Å². The van der Waals surface area contributed by atoms with Crippen molar-refractivity contribution in [1.29, 1.82) is 0 Å². The van der Waals surface area contributed by atoms with E-state index in [4.69, 9.17) is 0 Å². The number of sulfone groups is 1. The lowest BCUT2D eigenvalue weighted by Gasteiger charge is -2.15. The fourth-order valence-corrected chi connectivity index (χ4v) is 1.15. The van der Waals surface area contributed by atoms with E-state index in [0.717, 1.165) is 0 Å². The van der Waals surface area contributed by atoms with Gasteiger partial charge >= 0.3 is 0 Å². The Hall–Kier alpha value is -0.310. The molecule has 10 heavy (non-hydrogen) atoms. The Balaban J connectivity index is 4.78. The highest BCUT2D eigenvalue weighted by Crippen LogP contribution is 2.16. The molecule has 0 bridgehead atoms. The summed E-state index contributed by atoms with van der Waals surface area (Å²) >= 11 is 0. The summed E-state index contributed by atoms with van der Waals surface area (Å²) < 4.78 is 21.7. The summed E-state index contributed by atoms with van der Waals surface area (Å²) in [5.41, 5.74) is 0. The van der Waals surface area contributed by atoms with Crippen molar-refractivity contribution in [2.45, 2.75) is 32.4 Å². The minimum absolute atomic E-state index is 0.667. The summed E-state index contributed by atoms with van der Waals surface area (Å²) in [5.74, 6) is 0. The summed E-state index contributed by atoms with van der Waals surface area (Å²) in [6.45, 7) is 6.75. The van der Waals surface area contributed by atoms with Crippen LogP contribution in [0, 0.1) is 0 Å². The van der Waals surface area contributed by atoms with E-state index < -0.39 is 14.6 Å². The van der Waals surface area contributed by atoms with Crippen molar-refractivity contribution >= 4 is 9.84 Å². The first-order valence-electron chi connectivity index (χ1n) is 3.18. The molecule has 60 valence electrons. The maximum Gasteiger partial charge on any atom is 0.176 e. The van der Waals surface area contributed by atoms with Crippen LogP contribution in [0.1, 0.15) is 27.7 Å². The summed E-state index contributed by atoms with van der Waals surface area (Å²) in [7, 11) is -3.03. The van der Waals surface area contributed by atoms with Crippen LogP contribution in [0.5, 0.6) is 0 Å². The second kappa shape index (κ2) is 2.74. The van der Waals surface area contributed by atoms with E-state index in [-0.39, 0.29) is 0 Å². The van der Waals surface area contributed by atoms with Gasteiger partial charge in [0.25, 0.3) is 0 Å². The summed E-state index contributed by atoms with van der Waals surface area (Å²) in [6, 6.07) is 0. The molecular formula is C7H14O2S. The largest absolute Gasteiger partial charge is 0.224 e. The van der Waals surface area contributed by atoms with Gasteiger partial charge in [0.2, 0.25) is 0 Å². The number of allylic oxidation sites excluding steroid dienone is 1. The fourth-order valence-electron chi connectivity index (χ4n) is 0.383. The van der Waals surface area contributed by atoms with Gasteiger partial charge in [-0.25, -0.2) is 8.42 Å². The molecule has 0 aromatic carbocycles. The molecule has 0 radical (unpaired) electrons. The molecule has 0 aliphatic rings. The normalized spacial score (nSPS) is 14.4. The van der Waals surface area contributed by atoms with Crippen LogP contribution in [0.15, 0.2) is 11.5 Å². The van der Waals surface area contributed by atoms with E-state index in [1.54, 1.807) is 33.8 Å². The van der Waals surface area contributed by atoms with Crippen LogP contribution >= 0.6 is 0 Å². The van der Waals surface area contributed by atoms with Gasteiger partial charge in [0.05, 0.1) is 4.75 Å². The van der Waals surface area contributed by atoms with Gasteiger partial charge in [0.15, 0.2) is 9.84 Å². The van der Waals surface area contributed by atoms with Crippen LogP contribution in [-0.4, -0.2) is 13.2 Å². The molecule has 0 saturated heterocycles. The molecule has 0 aromatic rings. The number of rotatable bonds is 1. The molecule has 0 fully saturated rings. The SMILES string of the molecule is C/C=C\S(=O)(=O)C(C)(C)C. The van der Waals surface area contributed by atoms with Crippen LogP contribution < -0.4 is 0 Å². The Morgan fingerprint density at radius 1 is 1.20 bits per heavy atom. The highest BCUT2D eigenvalue weighted by atomic mass is 32.2. The molecule has 0 amide bonds. The van der Waals surface area contributed by atoms with Crippen molar-refractivity contribution in [1.82, 2.24) is 0 Å². The van der Waals surface area contributed by atoms with Gasteiger partial charge in [-0.05, 0) is 27.7 Å². The summed E-state index contributed by atoms with van der Waals surface area (Å²) in [5, 5.41) is 1.24. The Kier molecular flexibility index (Phi) is 2.66. The summed E-state index contributed by atoms with van der Waals surface area (Å²) in [6.07, 6.45) is 1.54. The maximum atomic E-state index is 11.2. The lowest BCUT2D eigenvalue weighted by atomic mass is 10.3. The Bertz CT molecular complexity index is 216. The van der Waals surface area contributed by atoms with Gasteiger partial charge in [-0.3, -0.25) is 0 Å². The van der Waals surface area contributed by atoms with E-state index in [2.05, 4.69) is 0 Å². The standard InChI is InChI=1S/C7H14O2S/c1-5-6-10(8,9)7(2,3)4/h5-6H,1-4H3/b6-5-. The molecule has 0 aliphatic carbocycles. The van der Waals surface area contributed by atoms with Gasteiger partial charge in [-0.15, -0.1) is 0 Å². The minimum atomic E-state index is -3.03. The van der Waals surface area contributed by atoms with Crippen molar-refractivity contribution in [3.8, 4) is 0 Å². The zero-order valence-electron chi connectivity index (χ0n) is 6.88. The molecule has 0 saturated carbocycles. The summed E-state index contributed by atoms with van der Waals surface area (Å²) in [4.78, 5) is 0. The molecule has 0 atom stereocenters. The Morgan fingerprint density at radius 3 is 1.70 bits per heavy atom. The maximum absolute atomic E-state index is 11.2. The van der Waals surface area contributed by atoms with Gasteiger partial charge in [-0.1, -0.05) is 6.08 Å². The first-order chi connectivity index (χ1) is 4.31. The Labute approximate surface area is 62.9 Å². The molecule has 0 rings (SSSR count). The molecule has 0 spiro atoms. The number of hydrogen-bond donors (Lipinski definition) is 0. The number of hydrogen-bond acceptors (Lipinski definition) is 2. The van der Waals surface area contributed by atoms with Crippen LogP contribution in [0.2, 0.25) is 0 Å².